The molecular formula is C13H26IN3O. The molecule has 1 heterocycles. The zero-order valence-electron chi connectivity index (χ0n) is 11.5. The molecule has 106 valence electrons. The number of hydrogen-bond acceptors (Lipinski definition) is 2. The topological polar surface area (TPSA) is 36.9 Å². The summed E-state index contributed by atoms with van der Waals surface area (Å²) in [6.07, 6.45) is 3.96. The number of ether oxygens (including phenoxy) is 1. The third-order valence-electron chi connectivity index (χ3n) is 3.52. The summed E-state index contributed by atoms with van der Waals surface area (Å²) in [6.45, 7) is 7.17. The molecule has 1 aliphatic carbocycles. The van der Waals surface area contributed by atoms with E-state index in [2.05, 4.69) is 17.1 Å². The number of halogens is 1. The zero-order valence-corrected chi connectivity index (χ0v) is 13.9. The van der Waals surface area contributed by atoms with Gasteiger partial charge in [0.1, 0.15) is 0 Å². The molecule has 2 aliphatic rings. The van der Waals surface area contributed by atoms with Gasteiger partial charge in [-0.3, -0.25) is 4.99 Å². The van der Waals surface area contributed by atoms with Gasteiger partial charge in [-0.1, -0.05) is 0 Å². The molecule has 1 atom stereocenters. The maximum Gasteiger partial charge on any atom is 0.193 e. The number of nitrogens with zero attached hydrogens (tertiary/aromatic N) is 2. The van der Waals surface area contributed by atoms with Gasteiger partial charge >= 0.3 is 0 Å². The highest BCUT2D eigenvalue weighted by Crippen LogP contribution is 2.29. The quantitative estimate of drug-likeness (QED) is 0.459. The number of hydrogen-bond donors (Lipinski definition) is 1. The van der Waals surface area contributed by atoms with Crippen LogP contribution in [0.3, 0.4) is 0 Å². The van der Waals surface area contributed by atoms with E-state index in [1.165, 1.54) is 19.3 Å². The van der Waals surface area contributed by atoms with Crippen molar-refractivity contribution in [2.45, 2.75) is 26.2 Å². The molecule has 1 aliphatic heterocycles. The summed E-state index contributed by atoms with van der Waals surface area (Å²) in [4.78, 5) is 7.13. The largest absolute Gasteiger partial charge is 0.384 e. The minimum atomic E-state index is 0. The predicted molar refractivity (Wildman–Crippen MR) is 85.7 cm³/mol. The normalized spacial score (nSPS) is 24.0. The molecule has 18 heavy (non-hydrogen) atoms. The van der Waals surface area contributed by atoms with Gasteiger partial charge < -0.3 is 15.0 Å². The lowest BCUT2D eigenvalue weighted by Crippen LogP contribution is -2.40. The van der Waals surface area contributed by atoms with Crippen LogP contribution in [-0.4, -0.2) is 50.8 Å². The van der Waals surface area contributed by atoms with E-state index in [4.69, 9.17) is 9.73 Å². The fraction of sp³-hybridized carbons (Fsp3) is 0.923. The average Bonchev–Trinajstić information content (AvgIpc) is 3.04. The SMILES string of the molecule is CCNC(=NCC1CC1)N1CCC(COC)C1.I. The molecule has 0 aromatic rings. The Morgan fingerprint density at radius 1 is 1.33 bits per heavy atom. The Kier molecular flexibility index (Phi) is 7.29. The Bertz CT molecular complexity index is 269. The highest BCUT2D eigenvalue weighted by molar-refractivity contribution is 14.0. The lowest BCUT2D eigenvalue weighted by Gasteiger charge is -2.21. The smallest absolute Gasteiger partial charge is 0.193 e. The number of rotatable bonds is 5. The van der Waals surface area contributed by atoms with E-state index in [9.17, 15) is 0 Å². The Hall–Kier alpha value is -0.0400. The molecule has 0 aromatic heterocycles. The van der Waals surface area contributed by atoms with Gasteiger partial charge in [0.25, 0.3) is 0 Å². The van der Waals surface area contributed by atoms with Crippen molar-refractivity contribution < 1.29 is 4.74 Å². The summed E-state index contributed by atoms with van der Waals surface area (Å²) >= 11 is 0. The molecule has 0 spiro atoms. The van der Waals surface area contributed by atoms with Crippen molar-refractivity contribution in [2.24, 2.45) is 16.8 Å². The summed E-state index contributed by atoms with van der Waals surface area (Å²) in [6, 6.07) is 0. The van der Waals surface area contributed by atoms with E-state index >= 15 is 0 Å². The number of aliphatic imine (C=N–C) groups is 1. The summed E-state index contributed by atoms with van der Waals surface area (Å²) in [5.74, 6) is 2.64. The van der Waals surface area contributed by atoms with Gasteiger partial charge in [0.15, 0.2) is 5.96 Å². The third-order valence-corrected chi connectivity index (χ3v) is 3.52. The molecular weight excluding hydrogens is 341 g/mol. The van der Waals surface area contributed by atoms with Crippen molar-refractivity contribution in [3.05, 3.63) is 0 Å². The molecule has 5 heteroatoms. The number of likely N-dealkylation sites (tertiary alicyclic amines) is 1. The van der Waals surface area contributed by atoms with Gasteiger partial charge in [-0.15, -0.1) is 24.0 Å². The Balaban J connectivity index is 0.00000162. The van der Waals surface area contributed by atoms with E-state index < -0.39 is 0 Å². The molecule has 0 amide bonds. The van der Waals surface area contributed by atoms with Crippen LogP contribution in [0.2, 0.25) is 0 Å². The van der Waals surface area contributed by atoms with Crippen molar-refractivity contribution in [1.82, 2.24) is 10.2 Å². The van der Waals surface area contributed by atoms with Crippen molar-refractivity contribution in [3.63, 3.8) is 0 Å². The molecule has 0 bridgehead atoms. The summed E-state index contributed by atoms with van der Waals surface area (Å²) in [7, 11) is 1.79. The summed E-state index contributed by atoms with van der Waals surface area (Å²) < 4.78 is 5.24. The zero-order chi connectivity index (χ0) is 12.1. The van der Waals surface area contributed by atoms with Gasteiger partial charge in [-0.05, 0) is 32.1 Å². The minimum Gasteiger partial charge on any atom is -0.384 e. The average molecular weight is 367 g/mol. The fourth-order valence-electron chi connectivity index (χ4n) is 2.34. The second-order valence-electron chi connectivity index (χ2n) is 5.19. The number of methoxy groups -OCH3 is 1. The molecule has 2 rings (SSSR count). The van der Waals surface area contributed by atoms with Crippen LogP contribution in [0.15, 0.2) is 4.99 Å². The summed E-state index contributed by atoms with van der Waals surface area (Å²) in [5.41, 5.74) is 0. The second-order valence-corrected chi connectivity index (χ2v) is 5.19. The number of guanidine groups is 1. The standard InChI is InChI=1S/C13H25N3O.HI/c1-3-14-13(15-8-11-4-5-11)16-7-6-12(9-16)10-17-2;/h11-12H,3-10H2,1-2H3,(H,14,15);1H. The molecule has 1 saturated heterocycles. The predicted octanol–water partition coefficient (Wildman–Crippen LogP) is 1.95. The van der Waals surface area contributed by atoms with Crippen LogP contribution in [-0.2, 0) is 4.74 Å². The highest BCUT2D eigenvalue weighted by Gasteiger charge is 2.26. The van der Waals surface area contributed by atoms with Gasteiger partial charge in [0.05, 0.1) is 6.61 Å². The Morgan fingerprint density at radius 2 is 2.11 bits per heavy atom. The van der Waals surface area contributed by atoms with E-state index in [0.29, 0.717) is 5.92 Å². The van der Waals surface area contributed by atoms with E-state index in [1.807, 2.05) is 0 Å². The first kappa shape index (κ1) is 16.0. The van der Waals surface area contributed by atoms with Crippen molar-refractivity contribution in [3.8, 4) is 0 Å². The monoisotopic (exact) mass is 367 g/mol. The highest BCUT2D eigenvalue weighted by atomic mass is 127. The third kappa shape index (κ3) is 4.91. The fourth-order valence-corrected chi connectivity index (χ4v) is 2.34. The molecule has 0 radical (unpaired) electrons. The maximum absolute atomic E-state index is 5.24. The first-order valence-corrected chi connectivity index (χ1v) is 6.85. The summed E-state index contributed by atoms with van der Waals surface area (Å²) in [5, 5.41) is 3.41. The van der Waals surface area contributed by atoms with Gasteiger partial charge in [0.2, 0.25) is 0 Å². The molecule has 1 saturated carbocycles. The van der Waals surface area contributed by atoms with Crippen LogP contribution >= 0.6 is 24.0 Å². The second kappa shape index (κ2) is 8.19. The van der Waals surface area contributed by atoms with E-state index in [0.717, 1.165) is 44.7 Å². The van der Waals surface area contributed by atoms with Gasteiger partial charge in [0, 0.05) is 39.2 Å². The van der Waals surface area contributed by atoms with Crippen LogP contribution < -0.4 is 5.32 Å². The maximum atomic E-state index is 5.24. The van der Waals surface area contributed by atoms with Crippen LogP contribution in [0, 0.1) is 11.8 Å². The first-order chi connectivity index (χ1) is 8.33. The first-order valence-electron chi connectivity index (χ1n) is 6.85. The minimum absolute atomic E-state index is 0. The molecule has 2 fully saturated rings. The number of nitrogens with one attached hydrogen (secondary N) is 1. The van der Waals surface area contributed by atoms with Crippen molar-refractivity contribution in [2.75, 3.05) is 39.9 Å². The van der Waals surface area contributed by atoms with Crippen LogP contribution in [0.25, 0.3) is 0 Å². The van der Waals surface area contributed by atoms with Crippen LogP contribution in [0.1, 0.15) is 26.2 Å². The van der Waals surface area contributed by atoms with Crippen LogP contribution in [0.4, 0.5) is 0 Å². The Morgan fingerprint density at radius 3 is 2.72 bits per heavy atom. The Labute approximate surface area is 128 Å². The van der Waals surface area contributed by atoms with Gasteiger partial charge in [-0.2, -0.15) is 0 Å². The van der Waals surface area contributed by atoms with Crippen molar-refractivity contribution in [1.29, 1.82) is 0 Å². The lowest BCUT2D eigenvalue weighted by molar-refractivity contribution is 0.157. The van der Waals surface area contributed by atoms with Crippen molar-refractivity contribution >= 4 is 29.9 Å². The van der Waals surface area contributed by atoms with Crippen LogP contribution in [0.5, 0.6) is 0 Å². The van der Waals surface area contributed by atoms with E-state index in [1.54, 1.807) is 7.11 Å². The molecule has 1 N–H and O–H groups in total. The lowest BCUT2D eigenvalue weighted by atomic mass is 10.1. The molecule has 0 aromatic carbocycles. The molecule has 4 nitrogen and oxygen atoms in total. The van der Waals surface area contributed by atoms with Gasteiger partial charge in [-0.25, -0.2) is 0 Å². The molecule has 1 unspecified atom stereocenters. The van der Waals surface area contributed by atoms with E-state index in [-0.39, 0.29) is 24.0 Å².